The van der Waals surface area contributed by atoms with E-state index in [1.165, 1.54) is 11.1 Å². The van der Waals surface area contributed by atoms with Crippen LogP contribution in [-0.2, 0) is 0 Å². The first-order valence-corrected chi connectivity index (χ1v) is 5.99. The summed E-state index contributed by atoms with van der Waals surface area (Å²) in [5, 5.41) is 0. The Labute approximate surface area is 101 Å². The number of hydrogen-bond donors (Lipinski definition) is 0. The van der Waals surface area contributed by atoms with Crippen LogP contribution < -0.4 is 0 Å². The summed E-state index contributed by atoms with van der Waals surface area (Å²) in [6, 6.07) is 0. The smallest absolute Gasteiger partial charge is 0.0187 e. The Balaban J connectivity index is 3.85. The SMILES string of the molecule is C#CCCCN(C)C/C(C)=C/C/C(C)=C/C. The standard InChI is InChI=1S/C15H25N/c1-6-8-9-12-16(5)13-15(4)11-10-14(3)7-2/h1,7,11H,8-10,12-13H2,2-5H3/b14-7+,15-11+. The Kier molecular flexibility index (Phi) is 8.66. The molecule has 0 saturated heterocycles. The van der Waals surface area contributed by atoms with E-state index in [1.807, 2.05) is 0 Å². The van der Waals surface area contributed by atoms with Crippen molar-refractivity contribution in [2.45, 2.75) is 40.0 Å². The highest BCUT2D eigenvalue weighted by Crippen LogP contribution is 2.05. The van der Waals surface area contributed by atoms with Gasteiger partial charge in [-0.3, -0.25) is 0 Å². The summed E-state index contributed by atoms with van der Waals surface area (Å²) in [6.07, 6.45) is 12.7. The number of terminal acetylenes is 1. The van der Waals surface area contributed by atoms with Crippen molar-refractivity contribution in [1.29, 1.82) is 0 Å². The quantitative estimate of drug-likeness (QED) is 0.359. The fourth-order valence-electron chi connectivity index (χ4n) is 1.47. The molecule has 0 fully saturated rings. The van der Waals surface area contributed by atoms with Crippen LogP contribution in [0.15, 0.2) is 23.3 Å². The van der Waals surface area contributed by atoms with E-state index in [2.05, 4.69) is 50.8 Å². The Hall–Kier alpha value is -1.00. The molecular weight excluding hydrogens is 194 g/mol. The van der Waals surface area contributed by atoms with E-state index in [1.54, 1.807) is 0 Å². The van der Waals surface area contributed by atoms with Crippen LogP contribution in [-0.4, -0.2) is 25.0 Å². The van der Waals surface area contributed by atoms with Gasteiger partial charge in [0.1, 0.15) is 0 Å². The molecule has 0 radical (unpaired) electrons. The fourth-order valence-corrected chi connectivity index (χ4v) is 1.47. The van der Waals surface area contributed by atoms with E-state index in [-0.39, 0.29) is 0 Å². The minimum Gasteiger partial charge on any atom is -0.302 e. The molecule has 0 saturated carbocycles. The van der Waals surface area contributed by atoms with Crippen molar-refractivity contribution in [3.05, 3.63) is 23.3 Å². The van der Waals surface area contributed by atoms with Crippen LogP contribution in [0.1, 0.15) is 40.0 Å². The molecule has 1 heteroatoms. The molecule has 0 amide bonds. The lowest BCUT2D eigenvalue weighted by Gasteiger charge is -2.16. The molecular formula is C15H25N. The number of likely N-dealkylation sites (N-methyl/N-ethyl adjacent to an activating group) is 1. The van der Waals surface area contributed by atoms with E-state index >= 15 is 0 Å². The van der Waals surface area contributed by atoms with Crippen LogP contribution in [0.5, 0.6) is 0 Å². The zero-order chi connectivity index (χ0) is 12.4. The van der Waals surface area contributed by atoms with E-state index in [4.69, 9.17) is 6.42 Å². The Morgan fingerprint density at radius 3 is 2.56 bits per heavy atom. The Morgan fingerprint density at radius 2 is 2.00 bits per heavy atom. The minimum atomic E-state index is 0.880. The number of nitrogens with zero attached hydrogens (tertiary/aromatic N) is 1. The second kappa shape index (κ2) is 9.24. The van der Waals surface area contributed by atoms with Gasteiger partial charge in [0, 0.05) is 13.0 Å². The molecule has 0 atom stereocenters. The predicted octanol–water partition coefficient (Wildman–Crippen LogP) is 3.63. The molecule has 0 rings (SSSR count). The molecule has 16 heavy (non-hydrogen) atoms. The molecule has 0 N–H and O–H groups in total. The van der Waals surface area contributed by atoms with Gasteiger partial charge >= 0.3 is 0 Å². The van der Waals surface area contributed by atoms with Crippen LogP contribution >= 0.6 is 0 Å². The molecule has 1 nitrogen and oxygen atoms in total. The minimum absolute atomic E-state index is 0.880. The van der Waals surface area contributed by atoms with Gasteiger partial charge in [-0.25, -0.2) is 0 Å². The third-order valence-corrected chi connectivity index (χ3v) is 2.65. The van der Waals surface area contributed by atoms with Crippen molar-refractivity contribution in [3.63, 3.8) is 0 Å². The van der Waals surface area contributed by atoms with E-state index < -0.39 is 0 Å². The summed E-state index contributed by atoms with van der Waals surface area (Å²) in [4.78, 5) is 2.33. The molecule has 0 spiro atoms. The van der Waals surface area contributed by atoms with E-state index in [0.29, 0.717) is 0 Å². The van der Waals surface area contributed by atoms with Crippen molar-refractivity contribution in [2.75, 3.05) is 20.1 Å². The van der Waals surface area contributed by atoms with Crippen molar-refractivity contribution >= 4 is 0 Å². The largest absolute Gasteiger partial charge is 0.302 e. The maximum atomic E-state index is 5.23. The van der Waals surface area contributed by atoms with Crippen LogP contribution in [0.2, 0.25) is 0 Å². The van der Waals surface area contributed by atoms with Gasteiger partial charge in [0.15, 0.2) is 0 Å². The lowest BCUT2D eigenvalue weighted by Crippen LogP contribution is -2.21. The summed E-state index contributed by atoms with van der Waals surface area (Å²) in [5.74, 6) is 2.68. The summed E-state index contributed by atoms with van der Waals surface area (Å²) < 4.78 is 0. The van der Waals surface area contributed by atoms with Gasteiger partial charge in [-0.05, 0) is 47.2 Å². The average Bonchev–Trinajstić information content (AvgIpc) is 2.26. The first-order chi connectivity index (χ1) is 7.60. The lowest BCUT2D eigenvalue weighted by atomic mass is 10.1. The topological polar surface area (TPSA) is 3.24 Å². The van der Waals surface area contributed by atoms with Crippen molar-refractivity contribution in [3.8, 4) is 12.3 Å². The summed E-state index contributed by atoms with van der Waals surface area (Å²) in [6.45, 7) is 8.57. The van der Waals surface area contributed by atoms with E-state index in [0.717, 1.165) is 32.4 Å². The van der Waals surface area contributed by atoms with Gasteiger partial charge in [0.2, 0.25) is 0 Å². The maximum absolute atomic E-state index is 5.23. The summed E-state index contributed by atoms with van der Waals surface area (Å²) >= 11 is 0. The molecule has 0 bridgehead atoms. The number of rotatable bonds is 7. The number of hydrogen-bond acceptors (Lipinski definition) is 1. The van der Waals surface area contributed by atoms with E-state index in [9.17, 15) is 0 Å². The molecule has 0 aliphatic heterocycles. The second-order valence-electron chi connectivity index (χ2n) is 4.44. The second-order valence-corrected chi connectivity index (χ2v) is 4.44. The highest BCUT2D eigenvalue weighted by Gasteiger charge is 1.98. The van der Waals surface area contributed by atoms with Crippen molar-refractivity contribution in [1.82, 2.24) is 4.90 Å². The molecule has 0 heterocycles. The zero-order valence-corrected chi connectivity index (χ0v) is 11.2. The van der Waals surface area contributed by atoms with Gasteiger partial charge in [0.25, 0.3) is 0 Å². The summed E-state index contributed by atoms with van der Waals surface area (Å²) in [7, 11) is 2.15. The zero-order valence-electron chi connectivity index (χ0n) is 11.2. The average molecular weight is 219 g/mol. The molecule has 0 aromatic heterocycles. The van der Waals surface area contributed by atoms with Gasteiger partial charge in [-0.1, -0.05) is 23.3 Å². The van der Waals surface area contributed by atoms with Crippen LogP contribution in [0.4, 0.5) is 0 Å². The van der Waals surface area contributed by atoms with Crippen molar-refractivity contribution < 1.29 is 0 Å². The monoisotopic (exact) mass is 219 g/mol. The lowest BCUT2D eigenvalue weighted by molar-refractivity contribution is 0.358. The van der Waals surface area contributed by atoms with Crippen LogP contribution in [0.25, 0.3) is 0 Å². The van der Waals surface area contributed by atoms with Crippen molar-refractivity contribution in [2.24, 2.45) is 0 Å². The predicted molar refractivity (Wildman–Crippen MR) is 73.4 cm³/mol. The molecule has 0 aromatic carbocycles. The Morgan fingerprint density at radius 1 is 1.31 bits per heavy atom. The molecule has 0 aliphatic carbocycles. The van der Waals surface area contributed by atoms with Crippen LogP contribution in [0, 0.1) is 12.3 Å². The molecule has 0 aromatic rings. The van der Waals surface area contributed by atoms with Gasteiger partial charge in [-0.15, -0.1) is 12.3 Å². The molecule has 0 unspecified atom stereocenters. The maximum Gasteiger partial charge on any atom is 0.0187 e. The number of unbranched alkanes of at least 4 members (excludes halogenated alkanes) is 1. The highest BCUT2D eigenvalue weighted by molar-refractivity contribution is 5.09. The van der Waals surface area contributed by atoms with Crippen LogP contribution in [0.3, 0.4) is 0 Å². The first kappa shape index (κ1) is 15.0. The fraction of sp³-hybridized carbons (Fsp3) is 0.600. The highest BCUT2D eigenvalue weighted by atomic mass is 15.1. The van der Waals surface area contributed by atoms with Gasteiger partial charge < -0.3 is 4.90 Å². The third kappa shape index (κ3) is 8.32. The van der Waals surface area contributed by atoms with Gasteiger partial charge in [-0.2, -0.15) is 0 Å². The molecule has 90 valence electrons. The third-order valence-electron chi connectivity index (χ3n) is 2.65. The number of allylic oxidation sites excluding steroid dienone is 3. The van der Waals surface area contributed by atoms with Gasteiger partial charge in [0.05, 0.1) is 0 Å². The summed E-state index contributed by atoms with van der Waals surface area (Å²) in [5.41, 5.74) is 2.86. The first-order valence-electron chi connectivity index (χ1n) is 5.99. The normalized spacial score (nSPS) is 13.0. The Bertz CT molecular complexity index is 278. The molecule has 0 aliphatic rings.